The SMILES string of the molecule is CN(C)CCN(Cc1cccc(O)c1)C(=O)c1cc(C#N)cs1. The van der Waals surface area contributed by atoms with Gasteiger partial charge in [-0.15, -0.1) is 11.3 Å². The van der Waals surface area contributed by atoms with Crippen LogP contribution in [0, 0.1) is 11.3 Å². The molecular formula is C17H19N3O2S. The van der Waals surface area contributed by atoms with E-state index in [0.29, 0.717) is 23.5 Å². The van der Waals surface area contributed by atoms with Gasteiger partial charge >= 0.3 is 0 Å². The number of carbonyl (C=O) groups excluding carboxylic acids is 1. The van der Waals surface area contributed by atoms with Crippen molar-refractivity contribution in [2.24, 2.45) is 0 Å². The highest BCUT2D eigenvalue weighted by molar-refractivity contribution is 7.12. The third-order valence-electron chi connectivity index (χ3n) is 3.33. The average molecular weight is 329 g/mol. The monoisotopic (exact) mass is 329 g/mol. The molecule has 1 N–H and O–H groups in total. The molecule has 0 aliphatic heterocycles. The van der Waals surface area contributed by atoms with Crippen LogP contribution in [0.5, 0.6) is 5.75 Å². The molecule has 120 valence electrons. The van der Waals surface area contributed by atoms with E-state index < -0.39 is 0 Å². The number of benzene rings is 1. The van der Waals surface area contributed by atoms with Crippen LogP contribution in [0.25, 0.3) is 0 Å². The van der Waals surface area contributed by atoms with E-state index in [1.54, 1.807) is 34.5 Å². The maximum atomic E-state index is 12.7. The standard InChI is InChI=1S/C17H19N3O2S/c1-19(2)6-7-20(11-13-4-3-5-15(21)8-13)17(22)16-9-14(10-18)12-23-16/h3-5,8-9,12,21H,6-7,11H2,1-2H3. The first kappa shape index (κ1) is 17.0. The molecule has 2 rings (SSSR count). The number of phenolic OH excluding ortho intramolecular Hbond substituents is 1. The molecule has 0 spiro atoms. The normalized spacial score (nSPS) is 10.5. The lowest BCUT2D eigenvalue weighted by molar-refractivity contribution is 0.0736. The number of hydrogen-bond acceptors (Lipinski definition) is 5. The molecule has 0 radical (unpaired) electrons. The number of likely N-dealkylation sites (N-methyl/N-ethyl adjacent to an activating group) is 1. The van der Waals surface area contributed by atoms with Gasteiger partial charge in [0.05, 0.1) is 10.4 Å². The summed E-state index contributed by atoms with van der Waals surface area (Å²) in [4.78, 5) is 17.0. The van der Waals surface area contributed by atoms with Crippen LogP contribution in [0.2, 0.25) is 0 Å². The van der Waals surface area contributed by atoms with Crippen LogP contribution >= 0.6 is 11.3 Å². The average Bonchev–Trinajstić information content (AvgIpc) is 2.99. The largest absolute Gasteiger partial charge is 0.508 e. The van der Waals surface area contributed by atoms with Crippen LogP contribution in [0.1, 0.15) is 20.8 Å². The summed E-state index contributed by atoms with van der Waals surface area (Å²) >= 11 is 1.28. The van der Waals surface area contributed by atoms with E-state index in [0.717, 1.165) is 12.1 Å². The predicted molar refractivity (Wildman–Crippen MR) is 90.4 cm³/mol. The van der Waals surface area contributed by atoms with Gasteiger partial charge in [0, 0.05) is 25.0 Å². The van der Waals surface area contributed by atoms with Gasteiger partial charge in [-0.05, 0) is 37.9 Å². The molecule has 0 saturated carbocycles. The smallest absolute Gasteiger partial charge is 0.264 e. The number of aromatic hydroxyl groups is 1. The number of thiophene rings is 1. The number of phenols is 1. The number of nitrogens with zero attached hydrogens (tertiary/aromatic N) is 3. The summed E-state index contributed by atoms with van der Waals surface area (Å²) in [6.07, 6.45) is 0. The minimum atomic E-state index is -0.0957. The molecule has 23 heavy (non-hydrogen) atoms. The highest BCUT2D eigenvalue weighted by Gasteiger charge is 2.18. The van der Waals surface area contributed by atoms with E-state index in [-0.39, 0.29) is 11.7 Å². The molecule has 0 unspecified atom stereocenters. The molecule has 0 atom stereocenters. The first-order valence-electron chi connectivity index (χ1n) is 7.20. The van der Waals surface area contributed by atoms with E-state index in [9.17, 15) is 9.90 Å². The molecule has 0 fully saturated rings. The van der Waals surface area contributed by atoms with Gasteiger partial charge in [-0.1, -0.05) is 12.1 Å². The summed E-state index contributed by atoms with van der Waals surface area (Å²) in [6, 6.07) is 10.6. The van der Waals surface area contributed by atoms with Gasteiger partial charge in [0.25, 0.3) is 5.91 Å². The molecule has 6 heteroatoms. The minimum Gasteiger partial charge on any atom is -0.508 e. The van der Waals surface area contributed by atoms with Crippen molar-refractivity contribution in [2.75, 3.05) is 27.2 Å². The van der Waals surface area contributed by atoms with Gasteiger partial charge in [0.2, 0.25) is 0 Å². The second-order valence-electron chi connectivity index (χ2n) is 5.51. The zero-order valence-electron chi connectivity index (χ0n) is 13.2. The number of hydrogen-bond donors (Lipinski definition) is 1. The molecule has 2 aromatic rings. The Morgan fingerprint density at radius 2 is 2.09 bits per heavy atom. The van der Waals surface area contributed by atoms with Crippen molar-refractivity contribution in [1.82, 2.24) is 9.80 Å². The fourth-order valence-electron chi connectivity index (χ4n) is 2.11. The Morgan fingerprint density at radius 3 is 2.70 bits per heavy atom. The van der Waals surface area contributed by atoms with Crippen molar-refractivity contribution in [1.29, 1.82) is 5.26 Å². The van der Waals surface area contributed by atoms with Crippen LogP contribution in [-0.2, 0) is 6.54 Å². The number of nitriles is 1. The highest BCUT2D eigenvalue weighted by Crippen LogP contribution is 2.19. The van der Waals surface area contributed by atoms with E-state index in [1.165, 1.54) is 11.3 Å². The van der Waals surface area contributed by atoms with Crippen LogP contribution in [0.4, 0.5) is 0 Å². The quantitative estimate of drug-likeness (QED) is 0.884. The minimum absolute atomic E-state index is 0.0957. The van der Waals surface area contributed by atoms with Gasteiger partial charge in [-0.3, -0.25) is 4.79 Å². The molecule has 0 bridgehead atoms. The van der Waals surface area contributed by atoms with Gasteiger partial charge in [-0.2, -0.15) is 5.26 Å². The summed E-state index contributed by atoms with van der Waals surface area (Å²) < 4.78 is 0. The number of rotatable bonds is 6. The van der Waals surface area contributed by atoms with Crippen molar-refractivity contribution in [3.8, 4) is 11.8 Å². The Balaban J connectivity index is 2.19. The topological polar surface area (TPSA) is 67.6 Å². The maximum Gasteiger partial charge on any atom is 0.264 e. The lowest BCUT2D eigenvalue weighted by Crippen LogP contribution is -2.35. The second-order valence-corrected chi connectivity index (χ2v) is 6.42. The molecule has 0 saturated heterocycles. The van der Waals surface area contributed by atoms with Crippen molar-refractivity contribution < 1.29 is 9.90 Å². The first-order chi connectivity index (χ1) is 11.0. The summed E-state index contributed by atoms with van der Waals surface area (Å²) in [5.41, 5.74) is 1.37. The Kier molecular flexibility index (Phi) is 5.74. The predicted octanol–water partition coefficient (Wildman–Crippen LogP) is 2.53. The molecule has 0 aliphatic carbocycles. The highest BCUT2D eigenvalue weighted by atomic mass is 32.1. The Morgan fingerprint density at radius 1 is 1.30 bits per heavy atom. The van der Waals surface area contributed by atoms with Crippen LogP contribution in [-0.4, -0.2) is 48.0 Å². The Labute approximate surface area is 140 Å². The molecule has 1 aromatic heterocycles. The van der Waals surface area contributed by atoms with Crippen molar-refractivity contribution in [3.63, 3.8) is 0 Å². The van der Waals surface area contributed by atoms with Gasteiger partial charge < -0.3 is 14.9 Å². The lowest BCUT2D eigenvalue weighted by Gasteiger charge is -2.24. The third-order valence-corrected chi connectivity index (χ3v) is 4.25. The maximum absolute atomic E-state index is 12.7. The second kappa shape index (κ2) is 7.77. The van der Waals surface area contributed by atoms with E-state index in [4.69, 9.17) is 5.26 Å². The van der Waals surface area contributed by atoms with Gasteiger partial charge in [-0.25, -0.2) is 0 Å². The van der Waals surface area contributed by atoms with E-state index in [2.05, 4.69) is 0 Å². The number of carbonyl (C=O) groups is 1. The molecule has 1 aromatic carbocycles. The Hall–Kier alpha value is -2.36. The first-order valence-corrected chi connectivity index (χ1v) is 8.08. The van der Waals surface area contributed by atoms with E-state index in [1.807, 2.05) is 31.1 Å². The molecule has 1 amide bonds. The molecule has 1 heterocycles. The fraction of sp³-hybridized carbons (Fsp3) is 0.294. The van der Waals surface area contributed by atoms with Gasteiger partial charge in [0.15, 0.2) is 0 Å². The lowest BCUT2D eigenvalue weighted by atomic mass is 10.2. The van der Waals surface area contributed by atoms with Crippen LogP contribution in [0.15, 0.2) is 35.7 Å². The Bertz CT molecular complexity index is 719. The van der Waals surface area contributed by atoms with Crippen molar-refractivity contribution in [2.45, 2.75) is 6.54 Å². The number of amides is 1. The third kappa shape index (κ3) is 4.81. The van der Waals surface area contributed by atoms with Crippen LogP contribution in [0.3, 0.4) is 0 Å². The van der Waals surface area contributed by atoms with E-state index >= 15 is 0 Å². The fourth-order valence-corrected chi connectivity index (χ4v) is 2.91. The molecule has 0 aliphatic rings. The molecular weight excluding hydrogens is 310 g/mol. The van der Waals surface area contributed by atoms with Crippen molar-refractivity contribution >= 4 is 17.2 Å². The van der Waals surface area contributed by atoms with Gasteiger partial charge in [0.1, 0.15) is 11.8 Å². The summed E-state index contributed by atoms with van der Waals surface area (Å²) in [5, 5.41) is 20.2. The zero-order chi connectivity index (χ0) is 16.8. The summed E-state index contributed by atoms with van der Waals surface area (Å²) in [6.45, 7) is 1.73. The summed E-state index contributed by atoms with van der Waals surface area (Å²) in [5.74, 6) is 0.0899. The zero-order valence-corrected chi connectivity index (χ0v) is 14.0. The summed E-state index contributed by atoms with van der Waals surface area (Å²) in [7, 11) is 3.91. The van der Waals surface area contributed by atoms with Crippen molar-refractivity contribution in [3.05, 3.63) is 51.7 Å². The van der Waals surface area contributed by atoms with Crippen LogP contribution < -0.4 is 0 Å². The molecule has 5 nitrogen and oxygen atoms in total.